The van der Waals surface area contributed by atoms with Crippen molar-refractivity contribution < 1.29 is 21.0 Å². The molecule has 2 atom stereocenters. The lowest BCUT2D eigenvalue weighted by molar-refractivity contribution is 0.214. The van der Waals surface area contributed by atoms with E-state index >= 15 is 0 Å². The van der Waals surface area contributed by atoms with E-state index in [9.17, 15) is 16.8 Å². The van der Waals surface area contributed by atoms with E-state index in [1.165, 1.54) is 6.26 Å². The van der Waals surface area contributed by atoms with E-state index in [1.807, 2.05) is 0 Å². The Labute approximate surface area is 96.4 Å². The smallest absolute Gasteiger partial charge is 0.264 e. The van der Waals surface area contributed by atoms with E-state index in [2.05, 4.69) is 9.50 Å². The molecule has 0 aromatic carbocycles. The summed E-state index contributed by atoms with van der Waals surface area (Å²) in [6.45, 7) is 0.627. The van der Waals surface area contributed by atoms with Gasteiger partial charge in [-0.3, -0.25) is 4.18 Å². The molecule has 1 aliphatic heterocycles. The molecule has 1 saturated heterocycles. The molecule has 0 aromatic rings. The van der Waals surface area contributed by atoms with Crippen molar-refractivity contribution in [2.45, 2.75) is 18.2 Å². The summed E-state index contributed by atoms with van der Waals surface area (Å²) in [4.78, 5) is 0. The van der Waals surface area contributed by atoms with Crippen LogP contribution in [0.15, 0.2) is 0 Å². The minimum atomic E-state index is -3.45. The number of hydrogen-bond donors (Lipinski definition) is 1. The van der Waals surface area contributed by atoms with Gasteiger partial charge in [0.2, 0.25) is 0 Å². The molecule has 0 aliphatic carbocycles. The van der Waals surface area contributed by atoms with Crippen LogP contribution in [-0.4, -0.2) is 47.9 Å². The second kappa shape index (κ2) is 4.99. The number of rotatable bonds is 4. The maximum atomic E-state index is 11.3. The standard InChI is InChI=1S/C8H17NO5S2/c1-15(10,11)8-5-7(3-4-9-8)6-14-16(2,12)13/h7-9H,3-6H2,1-2H3. The van der Waals surface area contributed by atoms with Crippen LogP contribution in [0.2, 0.25) is 0 Å². The zero-order valence-electron chi connectivity index (χ0n) is 9.34. The first kappa shape index (κ1) is 13.9. The summed E-state index contributed by atoms with van der Waals surface area (Å²) in [5.74, 6) is -0.0318. The van der Waals surface area contributed by atoms with Crippen LogP contribution in [0.5, 0.6) is 0 Å². The highest BCUT2D eigenvalue weighted by atomic mass is 32.2. The van der Waals surface area contributed by atoms with Crippen molar-refractivity contribution in [1.29, 1.82) is 0 Å². The first-order valence-corrected chi connectivity index (χ1v) is 8.72. The molecule has 0 bridgehead atoms. The van der Waals surface area contributed by atoms with Crippen molar-refractivity contribution in [2.24, 2.45) is 5.92 Å². The molecule has 96 valence electrons. The van der Waals surface area contributed by atoms with E-state index in [4.69, 9.17) is 0 Å². The van der Waals surface area contributed by atoms with E-state index in [0.29, 0.717) is 13.0 Å². The van der Waals surface area contributed by atoms with E-state index in [-0.39, 0.29) is 12.5 Å². The van der Waals surface area contributed by atoms with Crippen molar-refractivity contribution in [2.75, 3.05) is 25.7 Å². The van der Waals surface area contributed by atoms with Crippen LogP contribution in [0.1, 0.15) is 12.8 Å². The van der Waals surface area contributed by atoms with Crippen LogP contribution >= 0.6 is 0 Å². The topological polar surface area (TPSA) is 89.5 Å². The molecular formula is C8H17NO5S2. The van der Waals surface area contributed by atoms with Gasteiger partial charge in [-0.05, 0) is 25.3 Å². The van der Waals surface area contributed by atoms with Crippen molar-refractivity contribution in [1.82, 2.24) is 5.32 Å². The fourth-order valence-electron chi connectivity index (χ4n) is 1.65. The summed E-state index contributed by atoms with van der Waals surface area (Å²) in [7, 11) is -6.58. The molecular weight excluding hydrogens is 254 g/mol. The molecule has 0 saturated carbocycles. The van der Waals surface area contributed by atoms with Crippen LogP contribution < -0.4 is 5.32 Å². The number of hydrogen-bond acceptors (Lipinski definition) is 6. The summed E-state index contributed by atoms with van der Waals surface area (Å²) in [6.07, 6.45) is 3.28. The summed E-state index contributed by atoms with van der Waals surface area (Å²) in [6, 6.07) is 0. The Kier molecular flexibility index (Phi) is 4.33. The first-order chi connectivity index (χ1) is 7.18. The molecule has 0 radical (unpaired) electrons. The fraction of sp³-hybridized carbons (Fsp3) is 1.00. The Morgan fingerprint density at radius 2 is 1.88 bits per heavy atom. The molecule has 1 N–H and O–H groups in total. The van der Waals surface area contributed by atoms with Crippen LogP contribution in [0, 0.1) is 5.92 Å². The molecule has 0 spiro atoms. The molecule has 0 amide bonds. The second-order valence-corrected chi connectivity index (χ2v) is 8.02. The number of sulfone groups is 1. The third-order valence-corrected chi connectivity index (χ3v) is 4.46. The molecule has 2 unspecified atom stereocenters. The zero-order chi connectivity index (χ0) is 12.4. The SMILES string of the molecule is CS(=O)(=O)OCC1CCNC(S(C)(=O)=O)C1. The maximum absolute atomic E-state index is 11.3. The van der Waals surface area contributed by atoms with Crippen molar-refractivity contribution in [3.8, 4) is 0 Å². The van der Waals surface area contributed by atoms with Crippen molar-refractivity contribution >= 4 is 20.0 Å². The van der Waals surface area contributed by atoms with Gasteiger partial charge in [-0.1, -0.05) is 0 Å². The van der Waals surface area contributed by atoms with Crippen LogP contribution in [0.25, 0.3) is 0 Å². The normalized spacial score (nSPS) is 27.9. The predicted octanol–water partition coefficient (Wildman–Crippen LogP) is -0.667. The van der Waals surface area contributed by atoms with Gasteiger partial charge in [-0.15, -0.1) is 0 Å². The number of nitrogens with one attached hydrogen (secondary N) is 1. The van der Waals surface area contributed by atoms with E-state index in [0.717, 1.165) is 12.7 Å². The Morgan fingerprint density at radius 3 is 2.38 bits per heavy atom. The summed E-state index contributed by atoms with van der Waals surface area (Å²) >= 11 is 0. The lowest BCUT2D eigenvalue weighted by Gasteiger charge is -2.28. The molecule has 1 rings (SSSR count). The fourth-order valence-corrected chi connectivity index (χ4v) is 3.13. The van der Waals surface area contributed by atoms with Gasteiger partial charge in [0.15, 0.2) is 9.84 Å². The summed E-state index contributed by atoms with van der Waals surface area (Å²) in [5.41, 5.74) is 0. The molecule has 1 aliphatic rings. The zero-order valence-corrected chi connectivity index (χ0v) is 11.0. The molecule has 1 heterocycles. The lowest BCUT2D eigenvalue weighted by atomic mass is 9.99. The minimum absolute atomic E-state index is 0.0318. The van der Waals surface area contributed by atoms with Crippen LogP contribution in [0.3, 0.4) is 0 Å². The van der Waals surface area contributed by atoms with Crippen molar-refractivity contribution in [3.05, 3.63) is 0 Å². The van der Waals surface area contributed by atoms with Crippen LogP contribution in [-0.2, 0) is 24.1 Å². The van der Waals surface area contributed by atoms with Crippen LogP contribution in [0.4, 0.5) is 0 Å². The quantitative estimate of drug-likeness (QED) is 0.682. The molecule has 8 heteroatoms. The average Bonchev–Trinajstić information content (AvgIpc) is 2.13. The average molecular weight is 271 g/mol. The molecule has 1 fully saturated rings. The highest BCUT2D eigenvalue weighted by molar-refractivity contribution is 7.91. The van der Waals surface area contributed by atoms with Gasteiger partial charge in [0, 0.05) is 6.26 Å². The molecule has 0 aromatic heterocycles. The molecule has 6 nitrogen and oxygen atoms in total. The Balaban J connectivity index is 2.52. The first-order valence-electron chi connectivity index (χ1n) is 4.95. The van der Waals surface area contributed by atoms with Gasteiger partial charge in [-0.25, -0.2) is 8.42 Å². The lowest BCUT2D eigenvalue weighted by Crippen LogP contribution is -2.44. The van der Waals surface area contributed by atoms with Gasteiger partial charge < -0.3 is 5.32 Å². The van der Waals surface area contributed by atoms with E-state index < -0.39 is 25.3 Å². The minimum Gasteiger partial charge on any atom is -0.301 e. The maximum Gasteiger partial charge on any atom is 0.264 e. The van der Waals surface area contributed by atoms with Gasteiger partial charge in [0.1, 0.15) is 5.37 Å². The monoisotopic (exact) mass is 271 g/mol. The Hall–Kier alpha value is -0.180. The number of piperidine rings is 1. The van der Waals surface area contributed by atoms with E-state index in [1.54, 1.807) is 0 Å². The van der Waals surface area contributed by atoms with Gasteiger partial charge >= 0.3 is 0 Å². The van der Waals surface area contributed by atoms with Crippen molar-refractivity contribution in [3.63, 3.8) is 0 Å². The Morgan fingerprint density at radius 1 is 1.25 bits per heavy atom. The highest BCUT2D eigenvalue weighted by Gasteiger charge is 2.28. The third-order valence-electron chi connectivity index (χ3n) is 2.51. The highest BCUT2D eigenvalue weighted by Crippen LogP contribution is 2.19. The largest absolute Gasteiger partial charge is 0.301 e. The summed E-state index contributed by atoms with van der Waals surface area (Å²) in [5, 5.41) is 2.30. The predicted molar refractivity (Wildman–Crippen MR) is 60.2 cm³/mol. The van der Waals surface area contributed by atoms with Gasteiger partial charge in [0.05, 0.1) is 12.9 Å². The Bertz CT molecular complexity index is 427. The molecule has 16 heavy (non-hydrogen) atoms. The second-order valence-electron chi connectivity index (χ2n) is 4.15. The summed E-state index contributed by atoms with van der Waals surface area (Å²) < 4.78 is 48.9. The van der Waals surface area contributed by atoms with Gasteiger partial charge in [0.25, 0.3) is 10.1 Å². The van der Waals surface area contributed by atoms with Gasteiger partial charge in [-0.2, -0.15) is 8.42 Å². The third kappa shape index (κ3) is 4.77.